The first-order chi connectivity index (χ1) is 53.6. The summed E-state index contributed by atoms with van der Waals surface area (Å²) in [6.07, 6.45) is 0.644. The van der Waals surface area contributed by atoms with Gasteiger partial charge in [-0.15, -0.1) is 0 Å². The summed E-state index contributed by atoms with van der Waals surface area (Å²) in [7, 11) is 0. The average molecular weight is 1570 g/mol. The molecule has 0 aromatic heterocycles. The highest BCUT2D eigenvalue weighted by molar-refractivity contribution is 6.02. The molecule has 4 fully saturated rings. The van der Waals surface area contributed by atoms with Gasteiger partial charge in [-0.1, -0.05) is 94.8 Å². The number of urea groups is 1. The van der Waals surface area contributed by atoms with Crippen molar-refractivity contribution in [3.8, 4) is 0 Å². The third-order valence-electron chi connectivity index (χ3n) is 21.7. The highest BCUT2D eigenvalue weighted by Gasteiger charge is 2.80. The number of allylic oxidation sites excluding steroid dienone is 5. The number of rotatable bonds is 41. The Labute approximate surface area is 649 Å². The normalized spacial score (nSPS) is 24.9. The lowest BCUT2D eigenvalue weighted by atomic mass is 9.44. The van der Waals surface area contributed by atoms with Gasteiger partial charge >= 0.3 is 12.1 Å². The molecule has 6 aliphatic rings. The Hall–Kier alpha value is -9.41. The van der Waals surface area contributed by atoms with E-state index in [9.17, 15) is 57.8 Å². The standard InChI is InChI=1S/C80H106F2N10O20/c1-7-13-71-111-65-41-57-58-40-60(81)59-39-55(93)25-27-77(59,5)79(58,82)63(94)42-78(57,6)80(65,112-71)64(95)47-109-48-88-69(99)43-86-68(98)44-87-76(104)110-46-51-19-21-54(22-20-51)89-73(101)61(17-12-28-85-75(83)103)90-74(102)72(49(2)3)91-67(97)26-30-105-32-34-107-36-37-108-35-33-106-31-29-84-66(96)23-24-70(100)92-45-53-15-8-10-16-56(53)50(4)38-52-14-9-11-18-62(52)92/h8-11,14-16,18-22,25,27,38-39,49,57-58,60-61,63,65,71-72,94H,7,12-13,17,23-24,26,28-37,40-48H2,1-6H3,(H,84,96)(H,86,98)(H,87,104)(H,88,99)(H,89,101)(H,90,102)(H,91,97)(H3,83,85,103)/b50-38-/t57?,58-,60-,61-,63-,65+,71?,72-,77-,78-,79-,80+/m0/s1. The number of amides is 10. The number of primary amides is 1. The van der Waals surface area contributed by atoms with Crippen molar-refractivity contribution in [1.82, 2.24) is 37.2 Å². The van der Waals surface area contributed by atoms with Crippen LogP contribution in [-0.4, -0.2) is 211 Å². The van der Waals surface area contributed by atoms with E-state index in [1.165, 1.54) is 31.2 Å². The highest BCUT2D eigenvalue weighted by Crippen LogP contribution is 2.72. The zero-order valence-corrected chi connectivity index (χ0v) is 64.3. The van der Waals surface area contributed by atoms with E-state index >= 15 is 8.78 Å². The van der Waals surface area contributed by atoms with E-state index in [4.69, 9.17) is 43.6 Å². The van der Waals surface area contributed by atoms with Crippen molar-refractivity contribution in [2.45, 2.75) is 167 Å². The Morgan fingerprint density at radius 3 is 2.12 bits per heavy atom. The molecular formula is C80H106F2N10O20. The molecule has 4 aliphatic carbocycles. The van der Waals surface area contributed by atoms with Crippen LogP contribution in [0, 0.1) is 28.6 Å². The van der Waals surface area contributed by atoms with Crippen LogP contribution in [0.4, 0.5) is 29.7 Å². The maximum atomic E-state index is 17.9. The van der Waals surface area contributed by atoms with E-state index in [1.54, 1.807) is 37.8 Å². The number of carbonyl (C=O) groups excluding carboxylic acids is 11. The average Bonchev–Trinajstić information content (AvgIpc) is 1.44. The fourth-order valence-electron chi connectivity index (χ4n) is 16.0. The molecule has 2 heterocycles. The summed E-state index contributed by atoms with van der Waals surface area (Å²) in [6.45, 7) is 10.8. The largest absolute Gasteiger partial charge is 0.445 e. The number of halogens is 2. The number of hydrogen-bond acceptors (Lipinski definition) is 20. The van der Waals surface area contributed by atoms with Gasteiger partial charge in [0.2, 0.25) is 41.4 Å². The third kappa shape index (κ3) is 21.5. The predicted molar refractivity (Wildman–Crippen MR) is 405 cm³/mol. The molecule has 3 saturated carbocycles. The van der Waals surface area contributed by atoms with Gasteiger partial charge in [-0.05, 0) is 134 Å². The van der Waals surface area contributed by atoms with Gasteiger partial charge in [0, 0.05) is 54.8 Å². The van der Waals surface area contributed by atoms with Gasteiger partial charge in [0.25, 0.3) is 0 Å². The highest BCUT2D eigenvalue weighted by atomic mass is 19.1. The van der Waals surface area contributed by atoms with Gasteiger partial charge in [0.1, 0.15) is 44.7 Å². The number of Topliss-reactive ketones (excluding diaryl/α,β-unsaturated/α-hetero) is 1. The lowest BCUT2D eigenvalue weighted by Crippen LogP contribution is -2.71. The molecule has 610 valence electrons. The quantitative estimate of drug-likeness (QED) is 0.0252. The minimum atomic E-state index is -2.38. The first kappa shape index (κ1) is 86.6. The molecule has 0 spiro atoms. The van der Waals surface area contributed by atoms with E-state index in [-0.39, 0.29) is 128 Å². The number of fused-ring (bicyclic) bond motifs is 9. The van der Waals surface area contributed by atoms with Crippen molar-refractivity contribution < 1.29 is 105 Å². The summed E-state index contributed by atoms with van der Waals surface area (Å²) in [4.78, 5) is 145. The van der Waals surface area contributed by atoms with E-state index in [1.807, 2.05) is 55.5 Å². The first-order valence-corrected chi connectivity index (χ1v) is 38.2. The van der Waals surface area contributed by atoms with Gasteiger partial charge in [0.05, 0.1) is 83.8 Å². The van der Waals surface area contributed by atoms with Crippen LogP contribution in [0.1, 0.15) is 128 Å². The number of para-hydroxylation sites is 1. The minimum Gasteiger partial charge on any atom is -0.445 e. The van der Waals surface area contributed by atoms with Crippen LogP contribution in [0.2, 0.25) is 0 Å². The van der Waals surface area contributed by atoms with Crippen LogP contribution in [0.15, 0.2) is 96.6 Å². The van der Waals surface area contributed by atoms with Gasteiger partial charge in [-0.2, -0.15) is 0 Å². The Morgan fingerprint density at radius 1 is 0.723 bits per heavy atom. The zero-order chi connectivity index (χ0) is 80.8. The molecule has 0 bridgehead atoms. The summed E-state index contributed by atoms with van der Waals surface area (Å²) in [5.74, 6) is -6.81. The molecule has 1 saturated heterocycles. The second kappa shape index (κ2) is 40.4. The third-order valence-corrected chi connectivity index (χ3v) is 21.7. The van der Waals surface area contributed by atoms with E-state index < -0.39 is 156 Å². The molecule has 11 N–H and O–H groups in total. The van der Waals surface area contributed by atoms with Gasteiger partial charge < -0.3 is 96.2 Å². The van der Waals surface area contributed by atoms with Crippen LogP contribution >= 0.6 is 0 Å². The second-order valence-electron chi connectivity index (χ2n) is 29.6. The number of hydrogen-bond donors (Lipinski definition) is 10. The van der Waals surface area contributed by atoms with E-state index in [0.717, 1.165) is 34.0 Å². The molecule has 112 heavy (non-hydrogen) atoms. The van der Waals surface area contributed by atoms with Crippen LogP contribution in [0.3, 0.4) is 0 Å². The smallest absolute Gasteiger partial charge is 0.407 e. The van der Waals surface area contributed by atoms with E-state index in [2.05, 4.69) is 55.5 Å². The number of nitrogens with one attached hydrogen (secondary N) is 8. The number of nitrogens with two attached hydrogens (primary N) is 1. The molecule has 10 amide bonds. The lowest BCUT2D eigenvalue weighted by Gasteiger charge is -2.63. The molecule has 30 nitrogen and oxygen atoms in total. The number of aliphatic hydroxyl groups excluding tert-OH is 1. The Morgan fingerprint density at radius 2 is 1.40 bits per heavy atom. The predicted octanol–water partition coefficient (Wildman–Crippen LogP) is 5.37. The van der Waals surface area contributed by atoms with Crippen LogP contribution in [0.5, 0.6) is 0 Å². The summed E-state index contributed by atoms with van der Waals surface area (Å²) in [5.41, 5.74) is 3.98. The summed E-state index contributed by atoms with van der Waals surface area (Å²) < 4.78 is 80.0. The SMILES string of the molecule is CCCC1O[C@@H]2CC3[C@@H]4C[C@H](F)C5=CC(=O)C=C[C@]5(C)[C@@]4(F)[C@@H](O)C[C@]3(C)[C@]2(C(=O)COCNC(=O)CNC(=O)CNC(=O)OCc2ccc(NC(=O)[C@H](CCCNC(N)=O)NC(=O)[C@@H](NC(=O)CCOCCOCCOCCOCCNC(=O)CCC(=O)N3Cc4ccccc4/C(C)=C\c4ccccc43)C(C)C)cc2)O1. The van der Waals surface area contributed by atoms with Gasteiger partial charge in [-0.25, -0.2) is 18.4 Å². The van der Waals surface area contributed by atoms with Crippen molar-refractivity contribution in [3.05, 3.63) is 119 Å². The van der Waals surface area contributed by atoms with Crippen molar-refractivity contribution in [3.63, 3.8) is 0 Å². The number of carbonyl (C=O) groups is 11. The Bertz CT molecular complexity index is 3960. The number of ketones is 2. The summed E-state index contributed by atoms with van der Waals surface area (Å²) in [6, 6.07) is 18.9. The Kier molecular flexibility index (Phi) is 31.2. The lowest BCUT2D eigenvalue weighted by molar-refractivity contribution is -0.235. The maximum Gasteiger partial charge on any atom is 0.407 e. The fraction of sp³-hybridized carbons (Fsp3) is 0.562. The van der Waals surface area contributed by atoms with E-state index in [0.29, 0.717) is 43.9 Å². The van der Waals surface area contributed by atoms with Crippen molar-refractivity contribution >= 4 is 88.1 Å². The van der Waals surface area contributed by atoms with Crippen molar-refractivity contribution in [1.29, 1.82) is 0 Å². The van der Waals surface area contributed by atoms with Gasteiger partial charge in [0.15, 0.2) is 29.1 Å². The monoisotopic (exact) mass is 1560 g/mol. The Balaban J connectivity index is 0.606. The number of alkyl halides is 2. The molecule has 32 heteroatoms. The van der Waals surface area contributed by atoms with Crippen LogP contribution < -0.4 is 53.2 Å². The van der Waals surface area contributed by atoms with Crippen LogP contribution in [-0.2, 0) is 94.2 Å². The molecule has 2 aliphatic heterocycles. The molecule has 12 atom stereocenters. The molecule has 3 aromatic rings. The zero-order valence-electron chi connectivity index (χ0n) is 64.3. The number of aliphatic hydroxyl groups is 1. The fourth-order valence-corrected chi connectivity index (χ4v) is 16.0. The molecule has 2 unspecified atom stereocenters. The minimum absolute atomic E-state index is 0.0238. The first-order valence-electron chi connectivity index (χ1n) is 38.2. The summed E-state index contributed by atoms with van der Waals surface area (Å²) >= 11 is 0. The summed E-state index contributed by atoms with van der Waals surface area (Å²) in [5, 5.41) is 32.4. The molecule has 3 aromatic carbocycles. The number of anilines is 2. The van der Waals surface area contributed by atoms with Crippen molar-refractivity contribution in [2.24, 2.45) is 34.3 Å². The van der Waals surface area contributed by atoms with Crippen molar-refractivity contribution in [2.75, 3.05) is 103 Å². The molecular weight excluding hydrogens is 1460 g/mol. The molecule has 0 radical (unpaired) electrons. The number of nitrogens with zero attached hydrogens (tertiary/aromatic N) is 1. The number of benzene rings is 3. The second-order valence-corrected chi connectivity index (χ2v) is 29.6. The number of alkyl carbamates (subject to hydrolysis) is 1. The number of ether oxygens (including phenoxy) is 8. The molecule has 9 rings (SSSR count). The topological polar surface area (TPSA) is 407 Å². The van der Waals surface area contributed by atoms with Gasteiger partial charge in [-0.3, -0.25) is 43.2 Å². The maximum absolute atomic E-state index is 17.9. The van der Waals surface area contributed by atoms with Crippen LogP contribution in [0.25, 0.3) is 11.6 Å².